The van der Waals surface area contributed by atoms with Crippen molar-refractivity contribution in [1.82, 2.24) is 0 Å². The summed E-state index contributed by atoms with van der Waals surface area (Å²) in [5.41, 5.74) is 0.609. The molecule has 0 bridgehead atoms. The van der Waals surface area contributed by atoms with Gasteiger partial charge in [0.1, 0.15) is 0 Å². The van der Waals surface area contributed by atoms with E-state index in [1.165, 1.54) is 19.3 Å². The number of hydrogen-bond donors (Lipinski definition) is 0. The first kappa shape index (κ1) is 8.10. The summed E-state index contributed by atoms with van der Waals surface area (Å²) in [6.07, 6.45) is 4.28. The molecule has 1 saturated carbocycles. The summed E-state index contributed by atoms with van der Waals surface area (Å²) in [6, 6.07) is 0. The molecule has 2 unspecified atom stereocenters. The van der Waals surface area contributed by atoms with Gasteiger partial charge in [0.25, 0.3) is 0 Å². The quantitative estimate of drug-likeness (QED) is 0.551. The highest BCUT2D eigenvalue weighted by atomic mass is 14.4. The molecule has 0 aromatic rings. The first-order valence-corrected chi connectivity index (χ1v) is 4.58. The van der Waals surface area contributed by atoms with Gasteiger partial charge in [0.2, 0.25) is 0 Å². The average Bonchev–Trinajstić information content (AvgIpc) is 1.84. The topological polar surface area (TPSA) is 0 Å². The molecule has 1 aliphatic rings. The van der Waals surface area contributed by atoms with E-state index in [-0.39, 0.29) is 0 Å². The van der Waals surface area contributed by atoms with Crippen LogP contribution in [0.1, 0.15) is 47.0 Å². The van der Waals surface area contributed by atoms with Crippen LogP contribution in [0.5, 0.6) is 0 Å². The molecule has 1 rings (SSSR count). The molecule has 0 spiro atoms. The summed E-state index contributed by atoms with van der Waals surface area (Å²) in [6.45, 7) is 9.53. The molecule has 1 fully saturated rings. The van der Waals surface area contributed by atoms with E-state index in [0.29, 0.717) is 5.41 Å². The molecule has 0 radical (unpaired) electrons. The molecule has 0 N–H and O–H groups in total. The number of hydrogen-bond acceptors (Lipinski definition) is 0. The predicted molar refractivity (Wildman–Crippen MR) is 46.0 cm³/mol. The highest BCUT2D eigenvalue weighted by Gasteiger charge is 2.37. The predicted octanol–water partition coefficient (Wildman–Crippen LogP) is 3.47. The molecule has 1 aliphatic carbocycles. The zero-order valence-electron chi connectivity index (χ0n) is 7.78. The average molecular weight is 140 g/mol. The molecule has 2 atom stereocenters. The van der Waals surface area contributed by atoms with Crippen LogP contribution in [-0.4, -0.2) is 0 Å². The minimum absolute atomic E-state index is 0.609. The maximum atomic E-state index is 2.41. The smallest absolute Gasteiger partial charge is 0.0326 e. The summed E-state index contributed by atoms with van der Waals surface area (Å²) in [7, 11) is 0. The summed E-state index contributed by atoms with van der Waals surface area (Å²) in [4.78, 5) is 0. The van der Waals surface area contributed by atoms with Gasteiger partial charge in [-0.3, -0.25) is 0 Å². The van der Waals surface area contributed by atoms with Gasteiger partial charge in [0.05, 0.1) is 0 Å². The van der Waals surface area contributed by atoms with E-state index in [9.17, 15) is 0 Å². The minimum atomic E-state index is 0.609. The molecule has 0 saturated heterocycles. The maximum Gasteiger partial charge on any atom is -0.0326 e. The van der Waals surface area contributed by atoms with Gasteiger partial charge >= 0.3 is 0 Å². The van der Waals surface area contributed by atoms with Gasteiger partial charge in [0, 0.05) is 0 Å². The standard InChI is InChI=1S/C10H20/c1-5-10(3,4)9-7-6-8(9)2/h8-9H,5-7H2,1-4H3. The van der Waals surface area contributed by atoms with Crippen LogP contribution in [-0.2, 0) is 0 Å². The van der Waals surface area contributed by atoms with Crippen molar-refractivity contribution in [3.63, 3.8) is 0 Å². The second-order valence-electron chi connectivity index (χ2n) is 4.50. The normalized spacial score (nSPS) is 33.6. The van der Waals surface area contributed by atoms with E-state index in [4.69, 9.17) is 0 Å². The Morgan fingerprint density at radius 2 is 1.90 bits per heavy atom. The first-order valence-electron chi connectivity index (χ1n) is 4.58. The lowest BCUT2D eigenvalue weighted by Gasteiger charge is -2.45. The lowest BCUT2D eigenvalue weighted by molar-refractivity contribution is 0.0513. The van der Waals surface area contributed by atoms with Crippen molar-refractivity contribution in [2.24, 2.45) is 17.3 Å². The zero-order chi connectivity index (χ0) is 7.78. The van der Waals surface area contributed by atoms with Crippen molar-refractivity contribution < 1.29 is 0 Å². The van der Waals surface area contributed by atoms with Crippen LogP contribution in [0, 0.1) is 17.3 Å². The molecular formula is C10H20. The highest BCUT2D eigenvalue weighted by molar-refractivity contribution is 4.87. The lowest BCUT2D eigenvalue weighted by atomic mass is 9.60. The minimum Gasteiger partial charge on any atom is -0.0649 e. The molecule has 0 amide bonds. The van der Waals surface area contributed by atoms with Crippen LogP contribution >= 0.6 is 0 Å². The van der Waals surface area contributed by atoms with E-state index in [1.54, 1.807) is 0 Å². The maximum absolute atomic E-state index is 2.41. The third-order valence-electron chi connectivity index (χ3n) is 3.53. The molecule has 0 aliphatic heterocycles. The summed E-state index contributed by atoms with van der Waals surface area (Å²) < 4.78 is 0. The Labute approximate surface area is 65.0 Å². The Morgan fingerprint density at radius 3 is 2.00 bits per heavy atom. The van der Waals surface area contributed by atoms with Crippen LogP contribution < -0.4 is 0 Å². The van der Waals surface area contributed by atoms with Crippen LogP contribution in [0.15, 0.2) is 0 Å². The molecule has 0 aromatic heterocycles. The zero-order valence-corrected chi connectivity index (χ0v) is 7.78. The van der Waals surface area contributed by atoms with Crippen LogP contribution in [0.25, 0.3) is 0 Å². The molecule has 0 aromatic carbocycles. The molecule has 0 heteroatoms. The number of rotatable bonds is 2. The third kappa shape index (κ3) is 1.21. The summed E-state index contributed by atoms with van der Waals surface area (Å²) >= 11 is 0. The third-order valence-corrected chi connectivity index (χ3v) is 3.53. The van der Waals surface area contributed by atoms with E-state index in [0.717, 1.165) is 11.8 Å². The molecule has 0 heterocycles. The lowest BCUT2D eigenvalue weighted by Crippen LogP contribution is -2.36. The summed E-state index contributed by atoms with van der Waals surface area (Å²) in [5.74, 6) is 2.01. The fourth-order valence-electron chi connectivity index (χ4n) is 2.09. The van der Waals surface area contributed by atoms with Gasteiger partial charge in [-0.05, 0) is 23.7 Å². The van der Waals surface area contributed by atoms with Gasteiger partial charge in [-0.1, -0.05) is 40.5 Å². The molecule has 10 heavy (non-hydrogen) atoms. The van der Waals surface area contributed by atoms with Gasteiger partial charge in [0.15, 0.2) is 0 Å². The Morgan fingerprint density at radius 1 is 1.30 bits per heavy atom. The van der Waals surface area contributed by atoms with Crippen molar-refractivity contribution in [2.75, 3.05) is 0 Å². The van der Waals surface area contributed by atoms with Crippen LogP contribution in [0.4, 0.5) is 0 Å². The van der Waals surface area contributed by atoms with Crippen molar-refractivity contribution in [3.8, 4) is 0 Å². The van der Waals surface area contributed by atoms with Crippen molar-refractivity contribution >= 4 is 0 Å². The van der Waals surface area contributed by atoms with Crippen molar-refractivity contribution in [2.45, 2.75) is 47.0 Å². The molecular weight excluding hydrogens is 120 g/mol. The molecule has 0 nitrogen and oxygen atoms in total. The Hall–Kier alpha value is 0. The van der Waals surface area contributed by atoms with Crippen LogP contribution in [0.3, 0.4) is 0 Å². The Kier molecular flexibility index (Phi) is 2.07. The van der Waals surface area contributed by atoms with Crippen molar-refractivity contribution in [3.05, 3.63) is 0 Å². The fourth-order valence-corrected chi connectivity index (χ4v) is 2.09. The fraction of sp³-hybridized carbons (Fsp3) is 1.00. The van der Waals surface area contributed by atoms with Gasteiger partial charge < -0.3 is 0 Å². The van der Waals surface area contributed by atoms with E-state index in [2.05, 4.69) is 27.7 Å². The van der Waals surface area contributed by atoms with Gasteiger partial charge in [-0.15, -0.1) is 0 Å². The Balaban J connectivity index is 2.47. The SMILES string of the molecule is CCC(C)(C)C1CCC1C. The second-order valence-corrected chi connectivity index (χ2v) is 4.50. The highest BCUT2D eigenvalue weighted by Crippen LogP contribution is 2.47. The monoisotopic (exact) mass is 140 g/mol. The van der Waals surface area contributed by atoms with E-state index >= 15 is 0 Å². The van der Waals surface area contributed by atoms with E-state index in [1.807, 2.05) is 0 Å². The van der Waals surface area contributed by atoms with Gasteiger partial charge in [-0.2, -0.15) is 0 Å². The van der Waals surface area contributed by atoms with E-state index < -0.39 is 0 Å². The largest absolute Gasteiger partial charge is 0.0649 e. The summed E-state index contributed by atoms with van der Waals surface area (Å²) in [5, 5.41) is 0. The second kappa shape index (κ2) is 2.56. The van der Waals surface area contributed by atoms with Crippen molar-refractivity contribution in [1.29, 1.82) is 0 Å². The molecule has 60 valence electrons. The first-order chi connectivity index (χ1) is 4.58. The van der Waals surface area contributed by atoms with Crippen LogP contribution in [0.2, 0.25) is 0 Å². The Bertz CT molecular complexity index is 113. The van der Waals surface area contributed by atoms with Gasteiger partial charge in [-0.25, -0.2) is 0 Å².